The van der Waals surface area contributed by atoms with E-state index in [1.54, 1.807) is 12.1 Å². The monoisotopic (exact) mass is 312 g/mol. The molecule has 3 heterocycles. The summed E-state index contributed by atoms with van der Waals surface area (Å²) in [6.45, 7) is 2.88. The van der Waals surface area contributed by atoms with Crippen LogP contribution in [0.5, 0.6) is 5.75 Å². The third kappa shape index (κ3) is 2.30. The Morgan fingerprint density at radius 2 is 2.17 bits per heavy atom. The average molecular weight is 312 g/mol. The number of phenols is 1. The molecular weight excluding hydrogens is 292 g/mol. The zero-order valence-corrected chi connectivity index (χ0v) is 13.1. The van der Waals surface area contributed by atoms with Gasteiger partial charge in [-0.2, -0.15) is 0 Å². The van der Waals surface area contributed by atoms with E-state index in [1.807, 2.05) is 13.0 Å². The highest BCUT2D eigenvalue weighted by atomic mass is 16.3. The number of hydrogen-bond acceptors (Lipinski definition) is 5. The summed E-state index contributed by atoms with van der Waals surface area (Å²) in [4.78, 5) is 14.7. The van der Waals surface area contributed by atoms with Crippen molar-refractivity contribution in [3.63, 3.8) is 0 Å². The van der Waals surface area contributed by atoms with Crippen LogP contribution in [-0.4, -0.2) is 44.4 Å². The SMILES string of the molecule is Cc1nc(N2CCCCC2CO)c2c(n1)[nH]c1ccc(O)cc12. The van der Waals surface area contributed by atoms with Gasteiger partial charge in [-0.1, -0.05) is 0 Å². The Balaban J connectivity index is 2.00. The van der Waals surface area contributed by atoms with E-state index in [9.17, 15) is 10.2 Å². The average Bonchev–Trinajstić information content (AvgIpc) is 2.91. The molecule has 1 aliphatic heterocycles. The number of nitrogens with one attached hydrogen (secondary N) is 1. The fourth-order valence-corrected chi connectivity index (χ4v) is 3.55. The number of anilines is 1. The number of hydrogen-bond donors (Lipinski definition) is 3. The lowest BCUT2D eigenvalue weighted by Gasteiger charge is -2.36. The maximum atomic E-state index is 9.85. The number of nitrogens with zero attached hydrogens (tertiary/aromatic N) is 3. The minimum atomic E-state index is 0.0866. The number of aliphatic hydroxyl groups excluding tert-OH is 1. The van der Waals surface area contributed by atoms with E-state index < -0.39 is 0 Å². The van der Waals surface area contributed by atoms with E-state index in [2.05, 4.69) is 19.9 Å². The number of fused-ring (bicyclic) bond motifs is 3. The van der Waals surface area contributed by atoms with E-state index in [-0.39, 0.29) is 18.4 Å². The smallest absolute Gasteiger partial charge is 0.144 e. The molecule has 0 saturated carbocycles. The largest absolute Gasteiger partial charge is 0.508 e. The minimum absolute atomic E-state index is 0.0866. The zero-order valence-electron chi connectivity index (χ0n) is 13.1. The highest BCUT2D eigenvalue weighted by Crippen LogP contribution is 2.35. The maximum Gasteiger partial charge on any atom is 0.144 e. The van der Waals surface area contributed by atoms with Crippen LogP contribution in [0.2, 0.25) is 0 Å². The molecule has 1 saturated heterocycles. The Labute approximate surface area is 133 Å². The lowest BCUT2D eigenvalue weighted by Crippen LogP contribution is -2.42. The first kappa shape index (κ1) is 14.3. The van der Waals surface area contributed by atoms with E-state index >= 15 is 0 Å². The molecule has 0 amide bonds. The van der Waals surface area contributed by atoms with Crippen molar-refractivity contribution in [1.29, 1.82) is 0 Å². The van der Waals surface area contributed by atoms with Crippen molar-refractivity contribution in [2.24, 2.45) is 0 Å². The highest BCUT2D eigenvalue weighted by molar-refractivity contribution is 6.11. The number of aryl methyl sites for hydroxylation is 1. The number of aromatic hydroxyl groups is 1. The second-order valence-corrected chi connectivity index (χ2v) is 6.20. The fraction of sp³-hybridized carbons (Fsp3) is 0.412. The predicted molar refractivity (Wildman–Crippen MR) is 89.9 cm³/mol. The van der Waals surface area contributed by atoms with Crippen molar-refractivity contribution >= 4 is 27.8 Å². The third-order valence-electron chi connectivity index (χ3n) is 4.64. The lowest BCUT2D eigenvalue weighted by atomic mass is 10.0. The molecule has 4 rings (SSSR count). The molecule has 23 heavy (non-hydrogen) atoms. The summed E-state index contributed by atoms with van der Waals surface area (Å²) < 4.78 is 0. The first-order chi connectivity index (χ1) is 11.2. The second-order valence-electron chi connectivity index (χ2n) is 6.20. The van der Waals surface area contributed by atoms with Gasteiger partial charge in [0.1, 0.15) is 23.0 Å². The topological polar surface area (TPSA) is 85.3 Å². The minimum Gasteiger partial charge on any atom is -0.508 e. The molecule has 1 atom stereocenters. The van der Waals surface area contributed by atoms with E-state index in [1.165, 1.54) is 0 Å². The van der Waals surface area contributed by atoms with Crippen LogP contribution in [0.15, 0.2) is 18.2 Å². The molecule has 3 aromatic rings. The van der Waals surface area contributed by atoms with Crippen molar-refractivity contribution in [3.05, 3.63) is 24.0 Å². The Morgan fingerprint density at radius 1 is 1.30 bits per heavy atom. The number of aromatic amines is 1. The van der Waals surface area contributed by atoms with Crippen molar-refractivity contribution in [3.8, 4) is 5.75 Å². The van der Waals surface area contributed by atoms with E-state index in [0.717, 1.165) is 53.6 Å². The summed E-state index contributed by atoms with van der Waals surface area (Å²) >= 11 is 0. The molecule has 6 heteroatoms. The van der Waals surface area contributed by atoms with Gasteiger partial charge in [-0.25, -0.2) is 9.97 Å². The molecule has 2 aromatic heterocycles. The Kier molecular flexibility index (Phi) is 3.34. The van der Waals surface area contributed by atoms with Gasteiger partial charge < -0.3 is 20.1 Å². The van der Waals surface area contributed by atoms with Crippen molar-refractivity contribution in [1.82, 2.24) is 15.0 Å². The van der Waals surface area contributed by atoms with Crippen LogP contribution < -0.4 is 4.90 Å². The van der Waals surface area contributed by atoms with Crippen LogP contribution in [0, 0.1) is 6.92 Å². The van der Waals surface area contributed by atoms with Crippen LogP contribution in [0.1, 0.15) is 25.1 Å². The van der Waals surface area contributed by atoms with Crippen LogP contribution in [0.4, 0.5) is 5.82 Å². The fourth-order valence-electron chi connectivity index (χ4n) is 3.55. The number of aromatic nitrogens is 3. The molecule has 1 aromatic carbocycles. The Bertz CT molecular complexity index is 874. The number of aliphatic hydroxyl groups is 1. The molecule has 1 aliphatic rings. The molecule has 120 valence electrons. The number of piperidine rings is 1. The van der Waals surface area contributed by atoms with Gasteiger partial charge >= 0.3 is 0 Å². The van der Waals surface area contributed by atoms with Crippen LogP contribution in [0.25, 0.3) is 21.9 Å². The Hall–Kier alpha value is -2.34. The van der Waals surface area contributed by atoms with Crippen molar-refractivity contribution < 1.29 is 10.2 Å². The van der Waals surface area contributed by atoms with E-state index in [0.29, 0.717) is 5.82 Å². The summed E-state index contributed by atoms with van der Waals surface area (Å²) in [5, 5.41) is 21.4. The quantitative estimate of drug-likeness (QED) is 0.677. The molecule has 0 bridgehead atoms. The van der Waals surface area contributed by atoms with Gasteiger partial charge in [-0.05, 0) is 44.4 Å². The molecular formula is C17H20N4O2. The zero-order chi connectivity index (χ0) is 16.0. The molecule has 1 fully saturated rings. The van der Waals surface area contributed by atoms with Gasteiger partial charge in [0.2, 0.25) is 0 Å². The van der Waals surface area contributed by atoms with Crippen LogP contribution in [-0.2, 0) is 0 Å². The lowest BCUT2D eigenvalue weighted by molar-refractivity contribution is 0.239. The van der Waals surface area contributed by atoms with Crippen molar-refractivity contribution in [2.45, 2.75) is 32.2 Å². The third-order valence-corrected chi connectivity index (χ3v) is 4.64. The number of rotatable bonds is 2. The molecule has 1 unspecified atom stereocenters. The van der Waals surface area contributed by atoms with Gasteiger partial charge in [0, 0.05) is 17.4 Å². The summed E-state index contributed by atoms with van der Waals surface area (Å²) in [5.41, 5.74) is 1.70. The standard InChI is InChI=1S/C17H20N4O2/c1-10-18-16-15(13-8-12(23)5-6-14(13)20-16)17(19-10)21-7-3-2-4-11(21)9-22/h5-6,8,11,22-23H,2-4,7,9H2,1H3,(H,18,19,20). The van der Waals surface area contributed by atoms with Gasteiger partial charge in [-0.15, -0.1) is 0 Å². The number of H-pyrrole nitrogens is 1. The van der Waals surface area contributed by atoms with Gasteiger partial charge in [-0.3, -0.25) is 0 Å². The second kappa shape index (κ2) is 5.38. The number of benzene rings is 1. The van der Waals surface area contributed by atoms with Crippen LogP contribution >= 0.6 is 0 Å². The summed E-state index contributed by atoms with van der Waals surface area (Å²) in [6, 6.07) is 5.35. The normalized spacial score (nSPS) is 18.9. The van der Waals surface area contributed by atoms with Gasteiger partial charge in [0.25, 0.3) is 0 Å². The molecule has 0 aliphatic carbocycles. The summed E-state index contributed by atoms with van der Waals surface area (Å²) in [6.07, 6.45) is 3.19. The van der Waals surface area contributed by atoms with Gasteiger partial charge in [0.15, 0.2) is 0 Å². The molecule has 0 radical (unpaired) electrons. The van der Waals surface area contributed by atoms with Crippen molar-refractivity contribution in [2.75, 3.05) is 18.1 Å². The molecule has 0 spiro atoms. The summed E-state index contributed by atoms with van der Waals surface area (Å²) in [7, 11) is 0. The maximum absolute atomic E-state index is 9.85. The number of phenolic OH excluding ortho intramolecular Hbond substituents is 1. The summed E-state index contributed by atoms with van der Waals surface area (Å²) in [5.74, 6) is 1.77. The molecule has 6 nitrogen and oxygen atoms in total. The van der Waals surface area contributed by atoms with Crippen LogP contribution in [0.3, 0.4) is 0 Å². The van der Waals surface area contributed by atoms with Gasteiger partial charge in [0.05, 0.1) is 18.0 Å². The van der Waals surface area contributed by atoms with E-state index in [4.69, 9.17) is 0 Å². The first-order valence-electron chi connectivity index (χ1n) is 8.04. The predicted octanol–water partition coefficient (Wildman–Crippen LogP) is 2.48. The Morgan fingerprint density at radius 3 is 3.00 bits per heavy atom. The highest BCUT2D eigenvalue weighted by Gasteiger charge is 2.26. The molecule has 3 N–H and O–H groups in total. The first-order valence-corrected chi connectivity index (χ1v) is 8.04.